The van der Waals surface area contributed by atoms with E-state index in [1.165, 1.54) is 6.92 Å². The molecule has 2 aromatic heterocycles. The van der Waals surface area contributed by atoms with E-state index in [1.807, 2.05) is 31.1 Å². The van der Waals surface area contributed by atoms with Crippen molar-refractivity contribution >= 4 is 11.7 Å². The average Bonchev–Trinajstić information content (AvgIpc) is 3.19. The van der Waals surface area contributed by atoms with E-state index in [0.29, 0.717) is 17.8 Å². The molecular formula is C19H27N5O2. The zero-order valence-corrected chi connectivity index (χ0v) is 16.0. The van der Waals surface area contributed by atoms with Gasteiger partial charge in [0, 0.05) is 43.6 Å². The fourth-order valence-corrected chi connectivity index (χ4v) is 3.95. The molecule has 0 aromatic carbocycles. The molecule has 1 aliphatic heterocycles. The molecular weight excluding hydrogens is 330 g/mol. The van der Waals surface area contributed by atoms with Gasteiger partial charge in [-0.05, 0) is 40.5 Å². The van der Waals surface area contributed by atoms with Crippen molar-refractivity contribution in [2.75, 3.05) is 13.1 Å². The third kappa shape index (κ3) is 3.43. The van der Waals surface area contributed by atoms with Crippen molar-refractivity contribution in [3.63, 3.8) is 0 Å². The molecule has 7 heteroatoms. The fraction of sp³-hybridized carbons (Fsp3) is 0.579. The standard InChI is InChI=1S/C19H27N5O2/c1-5-22-10-8-20-19(22)16-7-6-9-23(11-16)17(26)12-24-14(3)18(15(4)25)13(2)21-24/h8,10,16H,5-7,9,11-12H2,1-4H3. The molecule has 3 heterocycles. The predicted molar refractivity (Wildman–Crippen MR) is 98.2 cm³/mol. The van der Waals surface area contributed by atoms with Gasteiger partial charge in [-0.2, -0.15) is 5.10 Å². The Morgan fingerprint density at radius 3 is 2.73 bits per heavy atom. The van der Waals surface area contributed by atoms with Crippen molar-refractivity contribution in [2.45, 2.75) is 59.5 Å². The highest BCUT2D eigenvalue weighted by Gasteiger charge is 2.28. The minimum atomic E-state index is -0.0110. The molecule has 0 saturated carbocycles. The van der Waals surface area contributed by atoms with Crippen molar-refractivity contribution < 1.29 is 9.59 Å². The lowest BCUT2D eigenvalue weighted by molar-refractivity contribution is -0.133. The second kappa shape index (κ2) is 7.43. The number of hydrogen-bond acceptors (Lipinski definition) is 4. The Morgan fingerprint density at radius 2 is 2.08 bits per heavy atom. The monoisotopic (exact) mass is 357 g/mol. The summed E-state index contributed by atoms with van der Waals surface area (Å²) >= 11 is 0. The van der Waals surface area contributed by atoms with E-state index >= 15 is 0 Å². The highest BCUT2D eigenvalue weighted by atomic mass is 16.2. The van der Waals surface area contributed by atoms with E-state index in [2.05, 4.69) is 21.6 Å². The molecule has 1 atom stereocenters. The van der Waals surface area contributed by atoms with Gasteiger partial charge in [-0.3, -0.25) is 14.3 Å². The first-order valence-corrected chi connectivity index (χ1v) is 9.26. The van der Waals surface area contributed by atoms with Gasteiger partial charge in [0.05, 0.1) is 11.3 Å². The number of carbonyl (C=O) groups excluding carboxylic acids is 2. The normalized spacial score (nSPS) is 17.5. The molecule has 1 unspecified atom stereocenters. The number of aromatic nitrogens is 4. The van der Waals surface area contributed by atoms with Crippen molar-refractivity contribution in [1.82, 2.24) is 24.2 Å². The molecule has 7 nitrogen and oxygen atoms in total. The largest absolute Gasteiger partial charge is 0.340 e. The lowest BCUT2D eigenvalue weighted by Crippen LogP contribution is -2.41. The van der Waals surface area contributed by atoms with E-state index in [0.717, 1.165) is 37.4 Å². The highest BCUT2D eigenvalue weighted by molar-refractivity contribution is 5.96. The smallest absolute Gasteiger partial charge is 0.244 e. The molecule has 1 aliphatic rings. The van der Waals surface area contributed by atoms with Crippen LogP contribution < -0.4 is 0 Å². The summed E-state index contributed by atoms with van der Waals surface area (Å²) in [5.74, 6) is 1.37. The summed E-state index contributed by atoms with van der Waals surface area (Å²) in [7, 11) is 0. The Morgan fingerprint density at radius 1 is 1.31 bits per heavy atom. The molecule has 140 valence electrons. The lowest BCUT2D eigenvalue weighted by atomic mass is 9.97. The molecule has 1 fully saturated rings. The Bertz CT molecular complexity index is 820. The van der Waals surface area contributed by atoms with Gasteiger partial charge in [-0.15, -0.1) is 0 Å². The SMILES string of the molecule is CCn1ccnc1C1CCCN(C(=O)Cn2nc(C)c(C(C)=O)c2C)C1. The number of ketones is 1. The van der Waals surface area contributed by atoms with E-state index in [-0.39, 0.29) is 24.2 Å². The quantitative estimate of drug-likeness (QED) is 0.770. The van der Waals surface area contributed by atoms with Crippen LogP contribution in [0.15, 0.2) is 12.4 Å². The van der Waals surface area contributed by atoms with Crippen molar-refractivity contribution in [2.24, 2.45) is 0 Å². The summed E-state index contributed by atoms with van der Waals surface area (Å²) < 4.78 is 3.81. The molecule has 1 amide bonds. The zero-order valence-electron chi connectivity index (χ0n) is 16.0. The van der Waals surface area contributed by atoms with Crippen LogP contribution in [0.3, 0.4) is 0 Å². The first-order valence-electron chi connectivity index (χ1n) is 9.26. The molecule has 2 aromatic rings. The van der Waals surface area contributed by atoms with Gasteiger partial charge in [-0.1, -0.05) is 0 Å². The van der Waals surface area contributed by atoms with Crippen molar-refractivity contribution in [3.05, 3.63) is 35.2 Å². The summed E-state index contributed by atoms with van der Waals surface area (Å²) in [6, 6.07) is 0. The number of hydrogen-bond donors (Lipinski definition) is 0. The summed E-state index contributed by atoms with van der Waals surface area (Å²) in [5.41, 5.74) is 2.07. The number of piperidine rings is 1. The second-order valence-electron chi connectivity index (χ2n) is 7.01. The Balaban J connectivity index is 1.72. The average molecular weight is 357 g/mol. The minimum Gasteiger partial charge on any atom is -0.340 e. The molecule has 0 bridgehead atoms. The number of imidazole rings is 1. The first-order chi connectivity index (χ1) is 12.4. The number of amides is 1. The van der Waals surface area contributed by atoms with E-state index in [9.17, 15) is 9.59 Å². The van der Waals surface area contributed by atoms with E-state index in [1.54, 1.807) is 4.68 Å². The minimum absolute atomic E-state index is 0.0110. The molecule has 26 heavy (non-hydrogen) atoms. The van der Waals surface area contributed by atoms with Crippen LogP contribution in [0.25, 0.3) is 0 Å². The second-order valence-corrected chi connectivity index (χ2v) is 7.01. The van der Waals surface area contributed by atoms with E-state index < -0.39 is 0 Å². The number of likely N-dealkylation sites (tertiary alicyclic amines) is 1. The molecule has 3 rings (SSSR count). The topological polar surface area (TPSA) is 73.0 Å². The maximum Gasteiger partial charge on any atom is 0.244 e. The van der Waals surface area contributed by atoms with Crippen LogP contribution in [0.2, 0.25) is 0 Å². The molecule has 1 saturated heterocycles. The number of aryl methyl sites for hydroxylation is 2. The summed E-state index contributed by atoms with van der Waals surface area (Å²) in [6.07, 6.45) is 5.85. The van der Waals surface area contributed by atoms with Gasteiger partial charge in [0.15, 0.2) is 5.78 Å². The van der Waals surface area contributed by atoms with Crippen LogP contribution in [0.1, 0.15) is 60.2 Å². The van der Waals surface area contributed by atoms with Crippen LogP contribution in [0.4, 0.5) is 0 Å². The van der Waals surface area contributed by atoms with Crippen LogP contribution in [-0.4, -0.2) is 49.0 Å². The molecule has 0 spiro atoms. The Kier molecular flexibility index (Phi) is 5.25. The molecule has 0 N–H and O–H groups in total. The summed E-state index contributed by atoms with van der Waals surface area (Å²) in [6.45, 7) is 9.82. The van der Waals surface area contributed by atoms with Crippen LogP contribution >= 0.6 is 0 Å². The van der Waals surface area contributed by atoms with Gasteiger partial charge >= 0.3 is 0 Å². The van der Waals surface area contributed by atoms with Gasteiger partial charge in [0.2, 0.25) is 5.91 Å². The van der Waals surface area contributed by atoms with E-state index in [4.69, 9.17) is 0 Å². The summed E-state index contributed by atoms with van der Waals surface area (Å²) in [4.78, 5) is 31.0. The van der Waals surface area contributed by atoms with Gasteiger partial charge in [0.25, 0.3) is 0 Å². The van der Waals surface area contributed by atoms with Gasteiger partial charge in [0.1, 0.15) is 12.4 Å². The predicted octanol–water partition coefficient (Wildman–Crippen LogP) is 2.33. The third-order valence-corrected chi connectivity index (χ3v) is 5.25. The zero-order chi connectivity index (χ0) is 18.8. The van der Waals surface area contributed by atoms with Crippen molar-refractivity contribution in [3.8, 4) is 0 Å². The Hall–Kier alpha value is -2.44. The van der Waals surface area contributed by atoms with Crippen LogP contribution in [0, 0.1) is 13.8 Å². The number of Topliss-reactive ketones (excluding diaryl/α,β-unsaturated/α-hetero) is 1. The number of rotatable bonds is 5. The van der Waals surface area contributed by atoms with Crippen molar-refractivity contribution in [1.29, 1.82) is 0 Å². The van der Waals surface area contributed by atoms with Crippen LogP contribution in [-0.2, 0) is 17.9 Å². The number of carbonyl (C=O) groups is 2. The Labute approximate surface area is 154 Å². The maximum atomic E-state index is 12.8. The summed E-state index contributed by atoms with van der Waals surface area (Å²) in [5, 5.41) is 4.39. The molecule has 0 radical (unpaired) electrons. The van der Waals surface area contributed by atoms with Gasteiger partial charge < -0.3 is 9.47 Å². The first kappa shape index (κ1) is 18.4. The lowest BCUT2D eigenvalue weighted by Gasteiger charge is -2.32. The number of nitrogens with zero attached hydrogens (tertiary/aromatic N) is 5. The van der Waals surface area contributed by atoms with Crippen LogP contribution in [0.5, 0.6) is 0 Å². The maximum absolute atomic E-state index is 12.8. The molecule has 0 aliphatic carbocycles. The van der Waals surface area contributed by atoms with Gasteiger partial charge in [-0.25, -0.2) is 4.98 Å². The fourth-order valence-electron chi connectivity index (χ4n) is 3.95. The third-order valence-electron chi connectivity index (χ3n) is 5.25. The highest BCUT2D eigenvalue weighted by Crippen LogP contribution is 2.26.